The van der Waals surface area contributed by atoms with E-state index in [0.29, 0.717) is 25.0 Å². The molecule has 6 heteroatoms. The van der Waals surface area contributed by atoms with Gasteiger partial charge in [-0.2, -0.15) is 0 Å². The predicted octanol–water partition coefficient (Wildman–Crippen LogP) is 1.00. The van der Waals surface area contributed by atoms with Gasteiger partial charge >= 0.3 is 0 Å². The second kappa shape index (κ2) is 7.07. The van der Waals surface area contributed by atoms with Gasteiger partial charge in [0.25, 0.3) is 0 Å². The van der Waals surface area contributed by atoms with Crippen LogP contribution in [0.2, 0.25) is 0 Å². The Labute approximate surface area is 130 Å². The van der Waals surface area contributed by atoms with E-state index in [2.05, 4.69) is 10.3 Å². The summed E-state index contributed by atoms with van der Waals surface area (Å²) in [4.78, 5) is 18.2. The number of nitrogens with one attached hydrogen (secondary N) is 1. The van der Waals surface area contributed by atoms with Crippen LogP contribution in [0.3, 0.4) is 0 Å². The molecule has 0 aliphatic carbocycles. The number of pyridine rings is 1. The molecule has 0 spiro atoms. The predicted molar refractivity (Wildman–Crippen MR) is 82.5 cm³/mol. The summed E-state index contributed by atoms with van der Waals surface area (Å²) in [6, 6.07) is 5.82. The van der Waals surface area contributed by atoms with Crippen LogP contribution in [-0.4, -0.2) is 61.3 Å². The maximum Gasteiger partial charge on any atom is 0.248 e. The third-order valence-electron chi connectivity index (χ3n) is 4.43. The number of aromatic nitrogens is 1. The van der Waals surface area contributed by atoms with Crippen LogP contribution < -0.4 is 5.32 Å². The van der Waals surface area contributed by atoms with Crippen LogP contribution in [0.25, 0.3) is 0 Å². The number of rotatable bonds is 6. The van der Waals surface area contributed by atoms with E-state index in [0.717, 1.165) is 25.5 Å². The molecule has 0 unspecified atom stereocenters. The maximum atomic E-state index is 12.0. The number of amides is 1. The first-order valence-electron chi connectivity index (χ1n) is 7.90. The standard InChI is InChI=1S/C16H23N3O3/c1-2-21-11-16(20)19-8-13-12(10-22-14(13)9-19)7-18-15-5-3-4-6-17-15/h3-6,12-14H,2,7-11H2,1H3,(H,17,18)/t12-,13+,14+/m1/s1. The molecule has 3 atom stereocenters. The van der Waals surface area contributed by atoms with Crippen LogP contribution in [0.5, 0.6) is 0 Å². The maximum absolute atomic E-state index is 12.0. The van der Waals surface area contributed by atoms with Crippen molar-refractivity contribution < 1.29 is 14.3 Å². The van der Waals surface area contributed by atoms with Crippen LogP contribution in [0.15, 0.2) is 24.4 Å². The highest BCUT2D eigenvalue weighted by molar-refractivity contribution is 5.77. The zero-order valence-electron chi connectivity index (χ0n) is 12.9. The van der Waals surface area contributed by atoms with Crippen molar-refractivity contribution in [2.45, 2.75) is 13.0 Å². The van der Waals surface area contributed by atoms with E-state index in [9.17, 15) is 4.79 Å². The average Bonchev–Trinajstić information content (AvgIpc) is 3.12. The monoisotopic (exact) mass is 305 g/mol. The number of carbonyl (C=O) groups excluding carboxylic acids is 1. The van der Waals surface area contributed by atoms with Crippen LogP contribution in [-0.2, 0) is 14.3 Å². The molecule has 2 aliphatic heterocycles. The first-order valence-corrected chi connectivity index (χ1v) is 7.90. The van der Waals surface area contributed by atoms with Crippen LogP contribution >= 0.6 is 0 Å². The Morgan fingerprint density at radius 2 is 2.41 bits per heavy atom. The Hall–Kier alpha value is -1.66. The quantitative estimate of drug-likeness (QED) is 0.849. The second-order valence-corrected chi connectivity index (χ2v) is 5.83. The number of likely N-dealkylation sites (tertiary alicyclic amines) is 1. The van der Waals surface area contributed by atoms with E-state index in [1.807, 2.05) is 30.0 Å². The Bertz CT molecular complexity index is 497. The Balaban J connectivity index is 1.51. The van der Waals surface area contributed by atoms with Gasteiger partial charge in [0.05, 0.1) is 12.7 Å². The molecule has 1 N–H and O–H groups in total. The van der Waals surface area contributed by atoms with Crippen molar-refractivity contribution in [2.24, 2.45) is 11.8 Å². The first-order chi connectivity index (χ1) is 10.8. The topological polar surface area (TPSA) is 63.7 Å². The fourth-order valence-electron chi connectivity index (χ4n) is 3.20. The molecule has 3 heterocycles. The van der Waals surface area contributed by atoms with Gasteiger partial charge in [-0.15, -0.1) is 0 Å². The number of fused-ring (bicyclic) bond motifs is 1. The molecule has 2 fully saturated rings. The number of hydrogen-bond acceptors (Lipinski definition) is 5. The van der Waals surface area contributed by atoms with Gasteiger partial charge in [0.2, 0.25) is 5.91 Å². The van der Waals surface area contributed by atoms with Gasteiger partial charge < -0.3 is 19.7 Å². The zero-order valence-corrected chi connectivity index (χ0v) is 12.9. The number of hydrogen-bond donors (Lipinski definition) is 1. The molecule has 0 radical (unpaired) electrons. The van der Waals surface area contributed by atoms with Crippen molar-refractivity contribution in [2.75, 3.05) is 44.8 Å². The highest BCUT2D eigenvalue weighted by Crippen LogP contribution is 2.33. The third-order valence-corrected chi connectivity index (χ3v) is 4.43. The molecule has 22 heavy (non-hydrogen) atoms. The molecule has 2 saturated heterocycles. The summed E-state index contributed by atoms with van der Waals surface area (Å²) in [7, 11) is 0. The summed E-state index contributed by atoms with van der Waals surface area (Å²) in [5.74, 6) is 1.77. The van der Waals surface area contributed by atoms with Gasteiger partial charge in [0.1, 0.15) is 12.4 Å². The van der Waals surface area contributed by atoms with Gasteiger partial charge in [0.15, 0.2) is 0 Å². The van der Waals surface area contributed by atoms with E-state index >= 15 is 0 Å². The third kappa shape index (κ3) is 3.39. The molecule has 6 nitrogen and oxygen atoms in total. The lowest BCUT2D eigenvalue weighted by atomic mass is 9.93. The summed E-state index contributed by atoms with van der Waals surface area (Å²) in [5.41, 5.74) is 0. The molecule has 120 valence electrons. The molecule has 3 rings (SSSR count). The summed E-state index contributed by atoms with van der Waals surface area (Å²) >= 11 is 0. The lowest BCUT2D eigenvalue weighted by Crippen LogP contribution is -2.34. The van der Waals surface area contributed by atoms with Crippen molar-refractivity contribution >= 4 is 11.7 Å². The average molecular weight is 305 g/mol. The lowest BCUT2D eigenvalue weighted by molar-refractivity contribution is -0.135. The van der Waals surface area contributed by atoms with E-state index in [1.54, 1.807) is 6.20 Å². The molecule has 0 aromatic carbocycles. The molecule has 1 aromatic rings. The van der Waals surface area contributed by atoms with Gasteiger partial charge in [-0.3, -0.25) is 4.79 Å². The molecular formula is C16H23N3O3. The normalized spacial score (nSPS) is 27.0. The molecule has 1 amide bonds. The van der Waals surface area contributed by atoms with Crippen molar-refractivity contribution in [3.8, 4) is 0 Å². The van der Waals surface area contributed by atoms with E-state index in [-0.39, 0.29) is 18.6 Å². The minimum atomic E-state index is 0.0660. The SMILES string of the molecule is CCOCC(=O)N1C[C@H]2[C@H](CNc3ccccn3)CO[C@H]2C1. The zero-order chi connectivity index (χ0) is 15.4. The minimum absolute atomic E-state index is 0.0660. The first kappa shape index (κ1) is 15.2. The van der Waals surface area contributed by atoms with Gasteiger partial charge in [0, 0.05) is 44.3 Å². The van der Waals surface area contributed by atoms with Gasteiger partial charge in [-0.25, -0.2) is 4.98 Å². The van der Waals surface area contributed by atoms with E-state index < -0.39 is 0 Å². The number of anilines is 1. The van der Waals surface area contributed by atoms with Crippen molar-refractivity contribution in [1.29, 1.82) is 0 Å². The molecular weight excluding hydrogens is 282 g/mol. The van der Waals surface area contributed by atoms with Crippen LogP contribution in [0.4, 0.5) is 5.82 Å². The van der Waals surface area contributed by atoms with Crippen LogP contribution in [0, 0.1) is 11.8 Å². The van der Waals surface area contributed by atoms with E-state index in [1.165, 1.54) is 0 Å². The van der Waals surface area contributed by atoms with Crippen molar-refractivity contribution in [3.63, 3.8) is 0 Å². The molecule has 0 bridgehead atoms. The highest BCUT2D eigenvalue weighted by atomic mass is 16.5. The highest BCUT2D eigenvalue weighted by Gasteiger charge is 2.44. The minimum Gasteiger partial charge on any atom is -0.376 e. The molecule has 1 aromatic heterocycles. The Morgan fingerprint density at radius 1 is 1.50 bits per heavy atom. The summed E-state index contributed by atoms with van der Waals surface area (Å²) in [6.45, 7) is 5.68. The Kier molecular flexibility index (Phi) is 4.90. The number of carbonyl (C=O) groups is 1. The molecule has 0 saturated carbocycles. The Morgan fingerprint density at radius 3 is 3.18 bits per heavy atom. The summed E-state index contributed by atoms with van der Waals surface area (Å²) in [6.07, 6.45) is 1.95. The molecule has 2 aliphatic rings. The fourth-order valence-corrected chi connectivity index (χ4v) is 3.20. The van der Waals surface area contributed by atoms with Gasteiger partial charge in [-0.1, -0.05) is 6.07 Å². The second-order valence-electron chi connectivity index (χ2n) is 5.83. The smallest absolute Gasteiger partial charge is 0.248 e. The number of ether oxygens (including phenoxy) is 2. The number of nitrogens with zero attached hydrogens (tertiary/aromatic N) is 2. The lowest BCUT2D eigenvalue weighted by Gasteiger charge is -2.20. The summed E-state index contributed by atoms with van der Waals surface area (Å²) < 4.78 is 11.1. The van der Waals surface area contributed by atoms with Crippen LogP contribution in [0.1, 0.15) is 6.92 Å². The van der Waals surface area contributed by atoms with Crippen molar-refractivity contribution in [1.82, 2.24) is 9.88 Å². The van der Waals surface area contributed by atoms with E-state index in [4.69, 9.17) is 9.47 Å². The largest absolute Gasteiger partial charge is 0.376 e. The van der Waals surface area contributed by atoms with Gasteiger partial charge in [-0.05, 0) is 19.1 Å². The fraction of sp³-hybridized carbons (Fsp3) is 0.625. The summed E-state index contributed by atoms with van der Waals surface area (Å²) in [5, 5.41) is 3.36. The van der Waals surface area contributed by atoms with Crippen molar-refractivity contribution in [3.05, 3.63) is 24.4 Å².